The number of hydrogen-bond donors (Lipinski definition) is 2. The van der Waals surface area contributed by atoms with Gasteiger partial charge in [-0.3, -0.25) is 4.79 Å². The molecule has 3 nitrogen and oxygen atoms in total. The van der Waals surface area contributed by atoms with Gasteiger partial charge in [-0.05, 0) is 33.6 Å². The maximum absolute atomic E-state index is 12.9. The van der Waals surface area contributed by atoms with Crippen LogP contribution in [0.3, 0.4) is 0 Å². The van der Waals surface area contributed by atoms with Crippen molar-refractivity contribution in [2.75, 3.05) is 0 Å². The summed E-state index contributed by atoms with van der Waals surface area (Å²) in [6.07, 6.45) is -1.70. The second kappa shape index (κ2) is 4.02. The molecule has 3 N–H and O–H groups in total. The van der Waals surface area contributed by atoms with Gasteiger partial charge >= 0.3 is 0 Å². The highest BCUT2D eigenvalue weighted by molar-refractivity contribution is 9.10. The average molecular weight is 266 g/mol. The highest BCUT2D eigenvalue weighted by Gasteiger charge is 2.17. The predicted octanol–water partition coefficient (Wildman–Crippen LogP) is 1.25. The van der Waals surface area contributed by atoms with Crippen LogP contribution in [0.1, 0.15) is 11.7 Å². The summed E-state index contributed by atoms with van der Waals surface area (Å²) in [5.41, 5.74) is 4.55. The van der Waals surface area contributed by atoms with Gasteiger partial charge in [-0.25, -0.2) is 8.78 Å². The average Bonchev–Trinajstić information content (AvgIpc) is 2.12. The van der Waals surface area contributed by atoms with Crippen LogP contribution in [0.5, 0.6) is 0 Å². The number of carbonyl (C=O) groups is 1. The third-order valence-electron chi connectivity index (χ3n) is 1.59. The van der Waals surface area contributed by atoms with Gasteiger partial charge < -0.3 is 10.8 Å². The van der Waals surface area contributed by atoms with Crippen molar-refractivity contribution in [3.8, 4) is 0 Å². The van der Waals surface area contributed by atoms with Crippen molar-refractivity contribution in [2.45, 2.75) is 6.10 Å². The Balaban J connectivity index is 3.19. The molecule has 0 saturated heterocycles. The van der Waals surface area contributed by atoms with Crippen LogP contribution in [0.25, 0.3) is 0 Å². The fourth-order valence-electron chi connectivity index (χ4n) is 0.897. The summed E-state index contributed by atoms with van der Waals surface area (Å²) < 4.78 is 25.5. The summed E-state index contributed by atoms with van der Waals surface area (Å²) in [4.78, 5) is 10.5. The molecule has 1 rings (SSSR count). The molecule has 1 amide bonds. The van der Waals surface area contributed by atoms with Crippen molar-refractivity contribution in [3.05, 3.63) is 33.8 Å². The van der Waals surface area contributed by atoms with Gasteiger partial charge in [0.05, 0.1) is 4.47 Å². The minimum Gasteiger partial charge on any atom is -0.378 e. The predicted molar refractivity (Wildman–Crippen MR) is 48.2 cm³/mol. The first-order chi connectivity index (χ1) is 6.43. The Labute approximate surface area is 86.7 Å². The Kier molecular flexibility index (Phi) is 3.17. The Morgan fingerprint density at radius 3 is 2.21 bits per heavy atom. The Bertz CT molecular complexity index is 361. The molecular weight excluding hydrogens is 260 g/mol. The fourth-order valence-corrected chi connectivity index (χ4v) is 1.13. The number of aliphatic hydroxyl groups is 1. The number of aliphatic hydroxyl groups excluding tert-OH is 1. The fraction of sp³-hybridized carbons (Fsp3) is 0.125. The lowest BCUT2D eigenvalue weighted by molar-refractivity contribution is -0.126. The van der Waals surface area contributed by atoms with Gasteiger partial charge in [-0.15, -0.1) is 0 Å². The second-order valence-electron chi connectivity index (χ2n) is 2.60. The second-order valence-corrected chi connectivity index (χ2v) is 3.40. The smallest absolute Gasteiger partial charge is 0.250 e. The third-order valence-corrected chi connectivity index (χ3v) is 2.35. The zero-order valence-electron chi connectivity index (χ0n) is 6.80. The lowest BCUT2D eigenvalue weighted by atomic mass is 10.1. The molecule has 0 aromatic heterocycles. The molecule has 1 unspecified atom stereocenters. The SMILES string of the molecule is NC(=O)C(O)c1cc(F)c(Br)c(F)c1. The lowest BCUT2D eigenvalue weighted by Crippen LogP contribution is -2.21. The molecule has 0 aliphatic carbocycles. The number of primary amides is 1. The van der Waals surface area contributed by atoms with E-state index in [9.17, 15) is 13.6 Å². The van der Waals surface area contributed by atoms with E-state index < -0.39 is 23.6 Å². The lowest BCUT2D eigenvalue weighted by Gasteiger charge is -2.07. The molecular formula is C8H6BrF2NO2. The normalized spacial score (nSPS) is 12.6. The summed E-state index contributed by atoms with van der Waals surface area (Å²) in [6, 6.07) is 1.67. The third kappa shape index (κ3) is 2.08. The van der Waals surface area contributed by atoms with Gasteiger partial charge in [0.1, 0.15) is 11.6 Å². The van der Waals surface area contributed by atoms with Crippen molar-refractivity contribution in [1.29, 1.82) is 0 Å². The highest BCUT2D eigenvalue weighted by Crippen LogP contribution is 2.24. The monoisotopic (exact) mass is 265 g/mol. The van der Waals surface area contributed by atoms with Gasteiger partial charge in [-0.1, -0.05) is 0 Å². The minimum atomic E-state index is -1.70. The van der Waals surface area contributed by atoms with Crippen LogP contribution in [-0.4, -0.2) is 11.0 Å². The molecule has 14 heavy (non-hydrogen) atoms. The summed E-state index contributed by atoms with van der Waals surface area (Å²) in [5, 5.41) is 9.11. The number of benzene rings is 1. The Hall–Kier alpha value is -1.01. The van der Waals surface area contributed by atoms with Crippen molar-refractivity contribution in [1.82, 2.24) is 0 Å². The zero-order valence-corrected chi connectivity index (χ0v) is 8.38. The van der Waals surface area contributed by atoms with Crippen molar-refractivity contribution < 1.29 is 18.7 Å². The van der Waals surface area contributed by atoms with Crippen LogP contribution < -0.4 is 5.73 Å². The van der Waals surface area contributed by atoms with E-state index >= 15 is 0 Å². The molecule has 0 bridgehead atoms. The zero-order chi connectivity index (χ0) is 10.9. The Morgan fingerprint density at radius 1 is 1.43 bits per heavy atom. The van der Waals surface area contributed by atoms with Crippen LogP contribution >= 0.6 is 15.9 Å². The van der Waals surface area contributed by atoms with E-state index in [1.54, 1.807) is 0 Å². The van der Waals surface area contributed by atoms with E-state index in [2.05, 4.69) is 15.9 Å². The number of carbonyl (C=O) groups excluding carboxylic acids is 1. The van der Waals surface area contributed by atoms with Crippen molar-refractivity contribution in [2.24, 2.45) is 5.73 Å². The molecule has 76 valence electrons. The molecule has 0 spiro atoms. The molecule has 0 radical (unpaired) electrons. The molecule has 6 heteroatoms. The van der Waals surface area contributed by atoms with Crippen LogP contribution in [-0.2, 0) is 4.79 Å². The van der Waals surface area contributed by atoms with E-state index in [1.807, 2.05) is 0 Å². The van der Waals surface area contributed by atoms with Gasteiger partial charge in [0, 0.05) is 0 Å². The van der Waals surface area contributed by atoms with Crippen LogP contribution in [0.4, 0.5) is 8.78 Å². The van der Waals surface area contributed by atoms with E-state index in [4.69, 9.17) is 10.8 Å². The van der Waals surface area contributed by atoms with Gasteiger partial charge in [0.15, 0.2) is 6.10 Å². The molecule has 1 aromatic carbocycles. The van der Waals surface area contributed by atoms with Crippen LogP contribution in [0.15, 0.2) is 16.6 Å². The maximum atomic E-state index is 12.9. The van der Waals surface area contributed by atoms with Crippen molar-refractivity contribution >= 4 is 21.8 Å². The molecule has 0 aliphatic heterocycles. The number of hydrogen-bond acceptors (Lipinski definition) is 2. The van der Waals surface area contributed by atoms with Gasteiger partial charge in [-0.2, -0.15) is 0 Å². The number of halogens is 3. The summed E-state index contributed by atoms with van der Waals surface area (Å²) in [7, 11) is 0. The van der Waals surface area contributed by atoms with E-state index in [1.165, 1.54) is 0 Å². The number of rotatable bonds is 2. The van der Waals surface area contributed by atoms with E-state index in [0.29, 0.717) is 0 Å². The standard InChI is InChI=1S/C8H6BrF2NO2/c9-6-4(10)1-3(2-5(6)11)7(13)8(12)14/h1-2,7,13H,(H2,12,14). The molecule has 0 heterocycles. The first-order valence-electron chi connectivity index (χ1n) is 3.55. The molecule has 1 atom stereocenters. The first kappa shape index (κ1) is 11.1. The quantitative estimate of drug-likeness (QED) is 0.791. The summed E-state index contributed by atoms with van der Waals surface area (Å²) >= 11 is 2.65. The maximum Gasteiger partial charge on any atom is 0.250 e. The molecule has 0 saturated carbocycles. The van der Waals surface area contributed by atoms with Crippen LogP contribution in [0.2, 0.25) is 0 Å². The van der Waals surface area contributed by atoms with Gasteiger partial charge in [0.2, 0.25) is 0 Å². The number of nitrogens with two attached hydrogens (primary N) is 1. The Morgan fingerprint density at radius 2 is 1.86 bits per heavy atom. The summed E-state index contributed by atoms with van der Waals surface area (Å²) in [6.45, 7) is 0. The van der Waals surface area contributed by atoms with E-state index in [-0.39, 0.29) is 10.0 Å². The molecule has 0 aliphatic rings. The summed E-state index contributed by atoms with van der Waals surface area (Å²) in [5.74, 6) is -2.87. The topological polar surface area (TPSA) is 63.3 Å². The van der Waals surface area contributed by atoms with Crippen molar-refractivity contribution in [3.63, 3.8) is 0 Å². The minimum absolute atomic E-state index is 0.212. The molecule has 1 aromatic rings. The first-order valence-corrected chi connectivity index (χ1v) is 4.34. The van der Waals surface area contributed by atoms with Gasteiger partial charge in [0.25, 0.3) is 5.91 Å². The molecule has 0 fully saturated rings. The van der Waals surface area contributed by atoms with E-state index in [0.717, 1.165) is 12.1 Å². The van der Waals surface area contributed by atoms with Crippen LogP contribution in [0, 0.1) is 11.6 Å². The number of amides is 1. The highest BCUT2D eigenvalue weighted by atomic mass is 79.9. The largest absolute Gasteiger partial charge is 0.378 e.